The molecule has 0 fully saturated rings. The summed E-state index contributed by atoms with van der Waals surface area (Å²) < 4.78 is 67.8. The van der Waals surface area contributed by atoms with Gasteiger partial charge in [-0.15, -0.1) is 0 Å². The molecular weight excluding hydrogens is 1110 g/mol. The van der Waals surface area contributed by atoms with Gasteiger partial charge in [-0.1, -0.05) is 12.1 Å². The summed E-state index contributed by atoms with van der Waals surface area (Å²) in [7, 11) is 0. The van der Waals surface area contributed by atoms with Crippen molar-refractivity contribution >= 4 is 361 Å². The number of para-hydroxylation sites is 1. The molecule has 0 bridgehead atoms. The van der Waals surface area contributed by atoms with Crippen LogP contribution in [-0.4, -0.2) is 414 Å². The van der Waals surface area contributed by atoms with Crippen molar-refractivity contribution in [1.82, 2.24) is 0 Å². The third-order valence-corrected chi connectivity index (χ3v) is 9.93. The number of halogens is 3. The van der Waals surface area contributed by atoms with Crippen molar-refractivity contribution in [2.24, 2.45) is 0 Å². The van der Waals surface area contributed by atoms with Gasteiger partial charge in [-0.25, -0.2) is 18.0 Å². The van der Waals surface area contributed by atoms with Gasteiger partial charge < -0.3 is 64.7 Å². The molecule has 0 aromatic heterocycles. The molecule has 2 aliphatic rings. The predicted molar refractivity (Wildman–Crippen MR) is 249 cm³/mol. The smallest absolute Gasteiger partial charge is 0.340 e. The topological polar surface area (TPSA) is 279 Å². The third-order valence-electron chi connectivity index (χ3n) is 9.93. The summed E-state index contributed by atoms with van der Waals surface area (Å²) in [6, 6.07) is 14.4. The molecular formula is C43H32F3K6N3O16. The SMILES string of the molecule is O=C(O)CN(CC(=O)O)c1ccc(NC(=O)c2ccc3c(c2)C(=O)OC32c3cc(F)c(O)cc3Oc3cc(O)c(F)cc32)cc1OCCOc1cccc(F)c1N(CC(=O)O)CC(=O)O.[K].[K].[K].[K].[K].[K]. The number of amides is 1. The maximum atomic E-state index is 15.0. The summed E-state index contributed by atoms with van der Waals surface area (Å²) in [5.41, 5.74) is -3.30. The van der Waals surface area contributed by atoms with Gasteiger partial charge in [0.25, 0.3) is 5.91 Å². The Hall–Kier alpha value is 1.13. The fourth-order valence-electron chi connectivity index (χ4n) is 7.37. The molecule has 0 saturated carbocycles. The molecule has 0 saturated heterocycles. The molecule has 1 spiro atoms. The summed E-state index contributed by atoms with van der Waals surface area (Å²) >= 11 is 0. The van der Waals surface area contributed by atoms with Crippen molar-refractivity contribution in [1.29, 1.82) is 0 Å². The van der Waals surface area contributed by atoms with E-state index >= 15 is 0 Å². The van der Waals surface area contributed by atoms with Crippen LogP contribution >= 0.6 is 0 Å². The molecule has 1 amide bonds. The molecule has 5 aromatic rings. The third kappa shape index (κ3) is 16.6. The number of rotatable bonds is 17. The number of carboxylic acids is 4. The first-order valence-electron chi connectivity index (χ1n) is 18.8. The summed E-state index contributed by atoms with van der Waals surface area (Å²) in [5.74, 6) is -13.4. The maximum Gasteiger partial charge on any atom is 0.340 e. The molecule has 342 valence electrons. The zero-order valence-electron chi connectivity index (χ0n) is 39.0. The van der Waals surface area contributed by atoms with Crippen molar-refractivity contribution in [3.8, 4) is 34.5 Å². The Morgan fingerprint density at radius 2 is 1.10 bits per heavy atom. The minimum atomic E-state index is -2.08. The van der Waals surface area contributed by atoms with E-state index in [1.165, 1.54) is 42.5 Å². The Morgan fingerprint density at radius 3 is 1.62 bits per heavy atom. The van der Waals surface area contributed by atoms with E-state index in [9.17, 15) is 72.6 Å². The summed E-state index contributed by atoms with van der Waals surface area (Å²) in [6.45, 7) is -4.30. The molecule has 6 radical (unpaired) electrons. The molecule has 28 heteroatoms. The number of phenols is 2. The number of hydrogen-bond acceptors (Lipinski definition) is 14. The second-order valence-electron chi connectivity index (χ2n) is 14.2. The van der Waals surface area contributed by atoms with Gasteiger partial charge in [-0.05, 0) is 48.5 Å². The quantitative estimate of drug-likeness (QED) is 0.0400. The van der Waals surface area contributed by atoms with Crippen LogP contribution in [0.4, 0.5) is 30.2 Å². The van der Waals surface area contributed by atoms with Crippen molar-refractivity contribution in [2.45, 2.75) is 5.60 Å². The number of benzene rings is 5. The number of ether oxygens (including phenoxy) is 4. The normalized spacial score (nSPS) is 11.7. The second-order valence-corrected chi connectivity index (χ2v) is 14.2. The number of carbonyl (C=O) groups is 6. The van der Waals surface area contributed by atoms with E-state index in [0.717, 1.165) is 46.2 Å². The number of nitrogens with one attached hydrogen (secondary N) is 1. The minimum Gasteiger partial charge on any atom is -0.505 e. The first-order valence-corrected chi connectivity index (χ1v) is 18.8. The molecule has 0 atom stereocenters. The Labute approximate surface area is 656 Å². The van der Waals surface area contributed by atoms with Crippen LogP contribution < -0.4 is 29.3 Å². The number of hydrogen-bond donors (Lipinski definition) is 7. The largest absolute Gasteiger partial charge is 0.505 e. The number of carboxylic acid groups (broad SMARTS) is 4. The van der Waals surface area contributed by atoms with E-state index in [4.69, 9.17) is 18.9 Å². The first-order chi connectivity index (χ1) is 30.9. The Kier molecular flexibility index (Phi) is 30.7. The van der Waals surface area contributed by atoms with Crippen LogP contribution in [0.2, 0.25) is 0 Å². The van der Waals surface area contributed by atoms with Crippen LogP contribution in [-0.2, 0) is 29.5 Å². The van der Waals surface area contributed by atoms with E-state index in [0.29, 0.717) is 0 Å². The number of aromatic hydroxyl groups is 2. The zero-order chi connectivity index (χ0) is 46.9. The number of anilines is 3. The van der Waals surface area contributed by atoms with Crippen LogP contribution in [0.1, 0.15) is 37.4 Å². The van der Waals surface area contributed by atoms with Gasteiger partial charge in [0.15, 0.2) is 28.7 Å². The van der Waals surface area contributed by atoms with Crippen molar-refractivity contribution < 1.29 is 91.5 Å². The molecule has 19 nitrogen and oxygen atoms in total. The minimum absolute atomic E-state index is 0. The Bertz CT molecular complexity index is 2760. The van der Waals surface area contributed by atoms with Crippen LogP contribution in [0.15, 0.2) is 78.9 Å². The van der Waals surface area contributed by atoms with Crippen molar-refractivity contribution in [3.63, 3.8) is 0 Å². The monoisotopic (exact) mass is 1140 g/mol. The molecule has 0 unspecified atom stereocenters. The van der Waals surface area contributed by atoms with E-state index in [1.54, 1.807) is 0 Å². The van der Waals surface area contributed by atoms with Gasteiger partial charge in [0.05, 0.1) is 22.4 Å². The summed E-state index contributed by atoms with van der Waals surface area (Å²) in [5, 5.41) is 60.5. The second kappa shape index (κ2) is 31.1. The van der Waals surface area contributed by atoms with Crippen LogP contribution in [0.25, 0.3) is 0 Å². The summed E-state index contributed by atoms with van der Waals surface area (Å²) in [4.78, 5) is 75.4. The summed E-state index contributed by atoms with van der Waals surface area (Å²) in [6.07, 6.45) is 0. The molecule has 0 aliphatic carbocycles. The Balaban J connectivity index is 0.00000420. The molecule has 2 heterocycles. The van der Waals surface area contributed by atoms with Gasteiger partial charge in [-0.2, -0.15) is 0 Å². The van der Waals surface area contributed by atoms with Gasteiger partial charge in [-0.3, -0.25) is 24.0 Å². The van der Waals surface area contributed by atoms with Crippen LogP contribution in [0.5, 0.6) is 34.5 Å². The van der Waals surface area contributed by atoms with E-state index in [-0.39, 0.29) is 370 Å². The van der Waals surface area contributed by atoms with Gasteiger partial charge in [0, 0.05) is 343 Å². The molecule has 71 heavy (non-hydrogen) atoms. The van der Waals surface area contributed by atoms with Gasteiger partial charge in [0.2, 0.25) is 0 Å². The predicted octanol–water partition coefficient (Wildman–Crippen LogP) is 2.46. The Morgan fingerprint density at radius 1 is 0.592 bits per heavy atom. The number of esters is 1. The molecule has 7 N–H and O–H groups in total. The van der Waals surface area contributed by atoms with E-state index in [1.807, 2.05) is 0 Å². The number of aliphatic carboxylic acids is 4. The van der Waals surface area contributed by atoms with Gasteiger partial charge >= 0.3 is 29.8 Å². The van der Waals surface area contributed by atoms with Crippen LogP contribution in [0.3, 0.4) is 0 Å². The number of nitrogens with zero attached hydrogens (tertiary/aromatic N) is 2. The number of fused-ring (bicyclic) bond motifs is 6. The standard InChI is InChI=1S/C43H32F3N3O16.6K/c44-26-2-1-3-32(40(26)49(18-38(56)57)19-39(58)59)62-8-9-63-35-11-21(5-7-29(35)48(16-36(52)53)17-37(54)55)47-41(60)20-4-6-23-22(10-20)42(61)65-43(23)24-12-27(45)30(50)14-33(24)64-34-15-31(51)28(46)13-25(34)43;;;;;;/h1-7,10-15,50-51H,8-9,16-19H2,(H,47,60)(H,52,53)(H,54,55)(H,56,57)(H,58,59);;;;;;. The van der Waals surface area contributed by atoms with E-state index < -0.39 is 115 Å². The average Bonchev–Trinajstić information content (AvgIpc) is 3.51. The first kappa shape index (κ1) is 70.1. The van der Waals surface area contributed by atoms with Crippen molar-refractivity contribution in [3.05, 3.63) is 124 Å². The zero-order valence-corrected chi connectivity index (χ0v) is 57.8. The van der Waals surface area contributed by atoms with E-state index in [2.05, 4.69) is 5.32 Å². The van der Waals surface area contributed by atoms with Crippen LogP contribution in [0, 0.1) is 17.5 Å². The van der Waals surface area contributed by atoms with Gasteiger partial charge in [0.1, 0.15) is 73.9 Å². The number of carbonyl (C=O) groups excluding carboxylic acids is 2. The molecule has 2 aliphatic heterocycles. The fourth-order valence-corrected chi connectivity index (χ4v) is 7.37. The molecule has 5 aromatic carbocycles. The van der Waals surface area contributed by atoms with Crippen molar-refractivity contribution in [2.75, 3.05) is 54.5 Å². The maximum absolute atomic E-state index is 15.0. The number of phenolic OH excluding ortho intramolecular Hbond substituents is 2. The fraction of sp³-hybridized carbons (Fsp3) is 0.163. The average molecular weight is 1140 g/mol. The molecule has 7 rings (SSSR count).